The Balaban J connectivity index is 1.97. The number of ether oxygens (including phenoxy) is 1. The van der Waals surface area contributed by atoms with Crippen molar-refractivity contribution in [2.75, 3.05) is 0 Å². The second kappa shape index (κ2) is 3.17. The van der Waals surface area contributed by atoms with Crippen molar-refractivity contribution in [3.05, 3.63) is 35.9 Å². The number of benzene rings is 1. The van der Waals surface area contributed by atoms with E-state index in [9.17, 15) is 9.59 Å². The Morgan fingerprint density at radius 3 is 2.31 bits per heavy atom. The highest BCUT2D eigenvalue weighted by Gasteiger charge is 2.58. The van der Waals surface area contributed by atoms with E-state index in [4.69, 9.17) is 4.74 Å². The van der Waals surface area contributed by atoms with E-state index in [2.05, 4.69) is 0 Å². The van der Waals surface area contributed by atoms with Crippen LogP contribution in [0, 0.1) is 0 Å². The number of carbonyl (C=O) groups excluding carboxylic acids is 2. The summed E-state index contributed by atoms with van der Waals surface area (Å²) in [4.78, 5) is 23.9. The van der Waals surface area contributed by atoms with E-state index in [1.807, 2.05) is 30.3 Å². The van der Waals surface area contributed by atoms with Crippen LogP contribution in [-0.4, -0.2) is 17.4 Å². The van der Waals surface area contributed by atoms with Gasteiger partial charge in [0.1, 0.15) is 5.92 Å². The predicted octanol–water partition coefficient (Wildman–Crippen LogP) is 1.82. The molecule has 82 valence electrons. The second-order valence-corrected chi connectivity index (χ2v) is 4.48. The van der Waals surface area contributed by atoms with Gasteiger partial charge in [-0.1, -0.05) is 30.3 Å². The van der Waals surface area contributed by atoms with Crippen LogP contribution >= 0.6 is 0 Å². The number of hydrogen-bond acceptors (Lipinski definition) is 3. The lowest BCUT2D eigenvalue weighted by Crippen LogP contribution is -2.43. The van der Waals surface area contributed by atoms with Crippen LogP contribution in [0.1, 0.15) is 30.7 Å². The summed E-state index contributed by atoms with van der Waals surface area (Å²) in [7, 11) is 0. The minimum atomic E-state index is -0.766. The van der Waals surface area contributed by atoms with Crippen LogP contribution in [0.4, 0.5) is 0 Å². The molecule has 1 saturated carbocycles. The number of Topliss-reactive ketones (excluding diaryl/α,β-unsaturated/α-hetero) is 1. The molecule has 2 aliphatic rings. The molecular formula is C13H12O3. The molecule has 2 fully saturated rings. The third kappa shape index (κ3) is 1.14. The molecule has 0 aromatic heterocycles. The quantitative estimate of drug-likeness (QED) is 0.531. The van der Waals surface area contributed by atoms with Gasteiger partial charge in [0.15, 0.2) is 11.4 Å². The van der Waals surface area contributed by atoms with Crippen molar-refractivity contribution >= 4 is 11.8 Å². The zero-order valence-corrected chi connectivity index (χ0v) is 8.81. The van der Waals surface area contributed by atoms with Crippen molar-refractivity contribution < 1.29 is 14.3 Å². The number of esters is 1. The first-order chi connectivity index (χ1) is 7.73. The molecule has 1 saturated heterocycles. The largest absolute Gasteiger partial charge is 0.450 e. The van der Waals surface area contributed by atoms with E-state index in [1.54, 1.807) is 0 Å². The lowest BCUT2D eigenvalue weighted by Gasteiger charge is -2.34. The summed E-state index contributed by atoms with van der Waals surface area (Å²) >= 11 is 0. The summed E-state index contributed by atoms with van der Waals surface area (Å²) in [6.45, 7) is 0. The fourth-order valence-corrected chi connectivity index (χ4v) is 2.45. The minimum Gasteiger partial charge on any atom is -0.450 e. The maximum absolute atomic E-state index is 12.2. The molecule has 16 heavy (non-hydrogen) atoms. The van der Waals surface area contributed by atoms with Gasteiger partial charge in [-0.3, -0.25) is 9.59 Å². The molecule has 0 radical (unpaired) electrons. The van der Waals surface area contributed by atoms with Crippen LogP contribution in [0.25, 0.3) is 0 Å². The highest BCUT2D eigenvalue weighted by atomic mass is 16.6. The van der Waals surface area contributed by atoms with Gasteiger partial charge in [0, 0.05) is 0 Å². The number of rotatable bonds is 1. The molecule has 3 nitrogen and oxygen atoms in total. The fraction of sp³-hybridized carbons (Fsp3) is 0.385. The predicted molar refractivity (Wildman–Crippen MR) is 56.9 cm³/mol. The summed E-state index contributed by atoms with van der Waals surface area (Å²) in [5.41, 5.74) is -0.0151. The van der Waals surface area contributed by atoms with Gasteiger partial charge in [-0.2, -0.15) is 0 Å². The highest BCUT2D eigenvalue weighted by Crippen LogP contribution is 2.46. The molecule has 1 aliphatic carbocycles. The fourth-order valence-electron chi connectivity index (χ4n) is 2.45. The monoisotopic (exact) mass is 216 g/mol. The Morgan fingerprint density at radius 1 is 1.12 bits per heavy atom. The summed E-state index contributed by atoms with van der Waals surface area (Å²) in [5.74, 6) is -1.12. The minimum absolute atomic E-state index is 0.0463. The summed E-state index contributed by atoms with van der Waals surface area (Å²) in [6, 6.07) is 9.15. The van der Waals surface area contributed by atoms with Crippen LogP contribution in [0.2, 0.25) is 0 Å². The average molecular weight is 216 g/mol. The standard InChI is InChI=1S/C13H12O3/c14-11-10(9-5-2-1-3-6-9)12(15)16-13(11)7-4-8-13/h1-3,5-6,10H,4,7-8H2. The molecule has 1 unspecified atom stereocenters. The average Bonchev–Trinajstić information content (AvgIpc) is 2.51. The first kappa shape index (κ1) is 9.58. The number of hydrogen-bond donors (Lipinski definition) is 0. The Morgan fingerprint density at radius 2 is 1.81 bits per heavy atom. The SMILES string of the molecule is O=C1OC2(CCC2)C(=O)C1c1ccccc1. The van der Waals surface area contributed by atoms with Crippen molar-refractivity contribution in [3.8, 4) is 0 Å². The maximum atomic E-state index is 12.2. The highest BCUT2D eigenvalue weighted by molar-refractivity contribution is 6.13. The summed E-state index contributed by atoms with van der Waals surface area (Å²) in [5, 5.41) is 0. The van der Waals surface area contributed by atoms with Crippen LogP contribution in [-0.2, 0) is 14.3 Å². The van der Waals surface area contributed by atoms with Gasteiger partial charge in [-0.05, 0) is 24.8 Å². The molecule has 0 N–H and O–H groups in total. The Labute approximate surface area is 93.4 Å². The van der Waals surface area contributed by atoms with E-state index < -0.39 is 11.5 Å². The Hall–Kier alpha value is -1.64. The molecule has 0 amide bonds. The molecular weight excluding hydrogens is 204 g/mol. The van der Waals surface area contributed by atoms with Crippen molar-refractivity contribution in [1.29, 1.82) is 0 Å². The molecule has 1 heterocycles. The molecule has 0 bridgehead atoms. The topological polar surface area (TPSA) is 43.4 Å². The second-order valence-electron chi connectivity index (χ2n) is 4.48. The lowest BCUT2D eigenvalue weighted by atomic mass is 9.74. The number of carbonyl (C=O) groups is 2. The summed E-state index contributed by atoms with van der Waals surface area (Å²) in [6.07, 6.45) is 2.36. The van der Waals surface area contributed by atoms with Crippen molar-refractivity contribution in [1.82, 2.24) is 0 Å². The zero-order valence-electron chi connectivity index (χ0n) is 8.81. The van der Waals surface area contributed by atoms with E-state index in [1.165, 1.54) is 0 Å². The molecule has 1 aromatic carbocycles. The van der Waals surface area contributed by atoms with Crippen LogP contribution < -0.4 is 0 Å². The van der Waals surface area contributed by atoms with E-state index >= 15 is 0 Å². The van der Waals surface area contributed by atoms with Gasteiger partial charge in [0.05, 0.1) is 0 Å². The van der Waals surface area contributed by atoms with Crippen LogP contribution in [0.15, 0.2) is 30.3 Å². The normalized spacial score (nSPS) is 26.6. The number of ketones is 1. The van der Waals surface area contributed by atoms with Gasteiger partial charge in [0.25, 0.3) is 0 Å². The van der Waals surface area contributed by atoms with Gasteiger partial charge in [-0.25, -0.2) is 0 Å². The zero-order chi connectivity index (χ0) is 11.2. The smallest absolute Gasteiger partial charge is 0.322 e. The van der Waals surface area contributed by atoms with Gasteiger partial charge in [0.2, 0.25) is 0 Å². The van der Waals surface area contributed by atoms with Gasteiger partial charge < -0.3 is 4.74 Å². The molecule has 1 aliphatic heterocycles. The first-order valence-corrected chi connectivity index (χ1v) is 5.55. The molecule has 3 heteroatoms. The van der Waals surface area contributed by atoms with Crippen LogP contribution in [0.5, 0.6) is 0 Å². The Kier molecular flexibility index (Phi) is 1.90. The third-order valence-electron chi connectivity index (χ3n) is 3.54. The van der Waals surface area contributed by atoms with E-state index in [0.717, 1.165) is 12.0 Å². The van der Waals surface area contributed by atoms with E-state index in [0.29, 0.717) is 12.8 Å². The molecule has 1 atom stereocenters. The van der Waals surface area contributed by atoms with Crippen molar-refractivity contribution in [2.45, 2.75) is 30.8 Å². The molecule has 3 rings (SSSR count). The van der Waals surface area contributed by atoms with E-state index in [-0.39, 0.29) is 11.8 Å². The maximum Gasteiger partial charge on any atom is 0.322 e. The van der Waals surface area contributed by atoms with Gasteiger partial charge >= 0.3 is 5.97 Å². The Bertz CT molecular complexity index is 446. The summed E-state index contributed by atoms with van der Waals surface area (Å²) < 4.78 is 5.28. The molecule has 1 spiro atoms. The van der Waals surface area contributed by atoms with Crippen LogP contribution in [0.3, 0.4) is 0 Å². The van der Waals surface area contributed by atoms with Crippen molar-refractivity contribution in [2.24, 2.45) is 0 Å². The third-order valence-corrected chi connectivity index (χ3v) is 3.54. The first-order valence-electron chi connectivity index (χ1n) is 5.55. The van der Waals surface area contributed by atoms with Gasteiger partial charge in [-0.15, -0.1) is 0 Å². The van der Waals surface area contributed by atoms with Crippen molar-refractivity contribution in [3.63, 3.8) is 0 Å². The lowest BCUT2D eigenvalue weighted by molar-refractivity contribution is -0.159. The molecule has 1 aromatic rings.